The number of methoxy groups -OCH3 is 2. The molecule has 0 aromatic carbocycles. The molecule has 0 aliphatic carbocycles. The maximum absolute atomic E-state index is 5.16. The van der Waals surface area contributed by atoms with Gasteiger partial charge < -0.3 is 20.1 Å². The molecule has 6 nitrogen and oxygen atoms in total. The zero-order valence-corrected chi connectivity index (χ0v) is 12.0. The van der Waals surface area contributed by atoms with Gasteiger partial charge in [-0.2, -0.15) is 9.97 Å². The standard InChI is InChI=1S/C11H18N4O2S/c1-11(2,3)15-10(18)14-9-12-7(16-4)6-8(13-9)17-5/h6H,1-5H3,(H2,12,13,14,15,18). The van der Waals surface area contributed by atoms with Crippen molar-refractivity contribution in [3.63, 3.8) is 0 Å². The minimum absolute atomic E-state index is 0.132. The lowest BCUT2D eigenvalue weighted by molar-refractivity contribution is 0.373. The van der Waals surface area contributed by atoms with Crippen LogP contribution in [-0.4, -0.2) is 34.8 Å². The molecule has 0 saturated heterocycles. The molecule has 100 valence electrons. The molecule has 0 aliphatic heterocycles. The summed E-state index contributed by atoms with van der Waals surface area (Å²) in [6, 6.07) is 1.59. The number of hydrogen-bond donors (Lipinski definition) is 2. The van der Waals surface area contributed by atoms with E-state index in [-0.39, 0.29) is 5.54 Å². The highest BCUT2D eigenvalue weighted by atomic mass is 32.1. The second-order valence-electron chi connectivity index (χ2n) is 4.61. The SMILES string of the molecule is COc1cc(OC)nc(NC(=S)NC(C)(C)C)n1. The van der Waals surface area contributed by atoms with Crippen LogP contribution in [0, 0.1) is 0 Å². The summed E-state index contributed by atoms with van der Waals surface area (Å²) in [5.41, 5.74) is -0.132. The minimum Gasteiger partial charge on any atom is -0.481 e. The molecule has 0 atom stereocenters. The van der Waals surface area contributed by atoms with E-state index in [1.54, 1.807) is 6.07 Å². The Hall–Kier alpha value is -1.63. The van der Waals surface area contributed by atoms with E-state index < -0.39 is 0 Å². The fourth-order valence-electron chi connectivity index (χ4n) is 1.14. The molecule has 0 unspecified atom stereocenters. The van der Waals surface area contributed by atoms with Gasteiger partial charge in [-0.05, 0) is 33.0 Å². The number of ether oxygens (including phenoxy) is 2. The summed E-state index contributed by atoms with van der Waals surface area (Å²) in [4.78, 5) is 8.24. The maximum atomic E-state index is 5.16. The average molecular weight is 270 g/mol. The zero-order valence-electron chi connectivity index (χ0n) is 11.2. The predicted octanol–water partition coefficient (Wildman–Crippen LogP) is 1.58. The van der Waals surface area contributed by atoms with E-state index in [1.807, 2.05) is 20.8 Å². The Kier molecular flexibility index (Phi) is 4.66. The normalized spacial score (nSPS) is 10.7. The number of aromatic nitrogens is 2. The van der Waals surface area contributed by atoms with E-state index in [1.165, 1.54) is 14.2 Å². The van der Waals surface area contributed by atoms with Crippen LogP contribution in [0.25, 0.3) is 0 Å². The van der Waals surface area contributed by atoms with Gasteiger partial charge in [0, 0.05) is 5.54 Å². The van der Waals surface area contributed by atoms with Crippen LogP contribution in [0.4, 0.5) is 5.95 Å². The van der Waals surface area contributed by atoms with E-state index in [9.17, 15) is 0 Å². The summed E-state index contributed by atoms with van der Waals surface area (Å²) in [6.45, 7) is 6.02. The van der Waals surface area contributed by atoms with E-state index >= 15 is 0 Å². The van der Waals surface area contributed by atoms with Gasteiger partial charge in [0.25, 0.3) is 0 Å². The number of thiocarbonyl (C=S) groups is 1. The first-order chi connectivity index (χ1) is 8.34. The predicted molar refractivity (Wildman–Crippen MR) is 74.2 cm³/mol. The van der Waals surface area contributed by atoms with Crippen molar-refractivity contribution in [2.24, 2.45) is 0 Å². The molecule has 0 amide bonds. The van der Waals surface area contributed by atoms with Crippen molar-refractivity contribution in [2.45, 2.75) is 26.3 Å². The zero-order chi connectivity index (χ0) is 13.8. The Morgan fingerprint density at radius 1 is 1.17 bits per heavy atom. The Morgan fingerprint density at radius 2 is 1.67 bits per heavy atom. The van der Waals surface area contributed by atoms with E-state index in [2.05, 4.69) is 20.6 Å². The molecule has 18 heavy (non-hydrogen) atoms. The molecule has 0 radical (unpaired) electrons. The van der Waals surface area contributed by atoms with Gasteiger partial charge in [-0.25, -0.2) is 0 Å². The van der Waals surface area contributed by atoms with Crippen molar-refractivity contribution in [3.8, 4) is 11.8 Å². The first-order valence-electron chi connectivity index (χ1n) is 5.40. The summed E-state index contributed by atoms with van der Waals surface area (Å²) < 4.78 is 10.1. The highest BCUT2D eigenvalue weighted by molar-refractivity contribution is 7.80. The van der Waals surface area contributed by atoms with Gasteiger partial charge in [0.1, 0.15) is 0 Å². The largest absolute Gasteiger partial charge is 0.481 e. The summed E-state index contributed by atoms with van der Waals surface area (Å²) in [7, 11) is 3.05. The Morgan fingerprint density at radius 3 is 2.06 bits per heavy atom. The molecule has 0 fully saturated rings. The molecule has 1 aromatic rings. The number of rotatable bonds is 3. The fourth-order valence-corrected chi connectivity index (χ4v) is 1.54. The second-order valence-corrected chi connectivity index (χ2v) is 5.01. The molecule has 0 saturated carbocycles. The lowest BCUT2D eigenvalue weighted by Gasteiger charge is -2.22. The van der Waals surface area contributed by atoms with E-state index in [0.717, 1.165) is 0 Å². The fraction of sp³-hybridized carbons (Fsp3) is 0.545. The van der Waals surface area contributed by atoms with Gasteiger partial charge in [-0.1, -0.05) is 0 Å². The topological polar surface area (TPSA) is 68.3 Å². The summed E-state index contributed by atoms with van der Waals surface area (Å²) in [5.74, 6) is 1.14. The first-order valence-corrected chi connectivity index (χ1v) is 5.81. The molecular weight excluding hydrogens is 252 g/mol. The average Bonchev–Trinajstić information content (AvgIpc) is 2.25. The van der Waals surface area contributed by atoms with Crippen molar-refractivity contribution in [3.05, 3.63) is 6.07 Å². The molecular formula is C11H18N4O2S. The van der Waals surface area contributed by atoms with Crippen molar-refractivity contribution in [2.75, 3.05) is 19.5 Å². The summed E-state index contributed by atoms with van der Waals surface area (Å²) >= 11 is 5.16. The number of nitrogens with one attached hydrogen (secondary N) is 2. The molecule has 7 heteroatoms. The van der Waals surface area contributed by atoms with Crippen LogP contribution in [-0.2, 0) is 0 Å². The number of anilines is 1. The Labute approximate surface area is 112 Å². The molecule has 1 rings (SSSR count). The molecule has 0 spiro atoms. The molecule has 0 aliphatic rings. The van der Waals surface area contributed by atoms with Gasteiger partial charge >= 0.3 is 0 Å². The van der Waals surface area contributed by atoms with Crippen molar-refractivity contribution < 1.29 is 9.47 Å². The van der Waals surface area contributed by atoms with Gasteiger partial charge in [-0.3, -0.25) is 0 Å². The lowest BCUT2D eigenvalue weighted by Crippen LogP contribution is -2.43. The molecule has 1 aromatic heterocycles. The van der Waals surface area contributed by atoms with Crippen molar-refractivity contribution >= 4 is 23.3 Å². The highest BCUT2D eigenvalue weighted by Crippen LogP contribution is 2.17. The maximum Gasteiger partial charge on any atom is 0.235 e. The highest BCUT2D eigenvalue weighted by Gasteiger charge is 2.13. The van der Waals surface area contributed by atoms with Gasteiger partial charge in [0.05, 0.1) is 20.3 Å². The molecule has 1 heterocycles. The van der Waals surface area contributed by atoms with Crippen molar-refractivity contribution in [1.29, 1.82) is 0 Å². The van der Waals surface area contributed by atoms with Crippen LogP contribution >= 0.6 is 12.2 Å². The third-order valence-electron chi connectivity index (χ3n) is 1.81. The van der Waals surface area contributed by atoms with Crippen LogP contribution in [0.2, 0.25) is 0 Å². The van der Waals surface area contributed by atoms with Gasteiger partial charge in [0.15, 0.2) is 5.11 Å². The third-order valence-corrected chi connectivity index (χ3v) is 2.02. The monoisotopic (exact) mass is 270 g/mol. The Balaban J connectivity index is 2.80. The summed E-state index contributed by atoms with van der Waals surface area (Å²) in [5, 5.41) is 6.43. The van der Waals surface area contributed by atoms with Crippen LogP contribution in [0.5, 0.6) is 11.8 Å². The molecule has 0 bridgehead atoms. The smallest absolute Gasteiger partial charge is 0.235 e. The van der Waals surface area contributed by atoms with Crippen molar-refractivity contribution in [1.82, 2.24) is 15.3 Å². The van der Waals surface area contributed by atoms with Crippen LogP contribution in [0.3, 0.4) is 0 Å². The number of hydrogen-bond acceptors (Lipinski definition) is 5. The number of nitrogens with zero attached hydrogens (tertiary/aromatic N) is 2. The van der Waals surface area contributed by atoms with Crippen LogP contribution in [0.15, 0.2) is 6.07 Å². The second kappa shape index (κ2) is 5.81. The molecule has 2 N–H and O–H groups in total. The van der Waals surface area contributed by atoms with Gasteiger partial charge in [-0.15, -0.1) is 0 Å². The third kappa shape index (κ3) is 4.70. The lowest BCUT2D eigenvalue weighted by atomic mass is 10.1. The van der Waals surface area contributed by atoms with Crippen LogP contribution < -0.4 is 20.1 Å². The quantitative estimate of drug-likeness (QED) is 0.808. The van der Waals surface area contributed by atoms with Crippen LogP contribution in [0.1, 0.15) is 20.8 Å². The van der Waals surface area contributed by atoms with E-state index in [4.69, 9.17) is 21.7 Å². The minimum atomic E-state index is -0.132. The first kappa shape index (κ1) is 14.4. The van der Waals surface area contributed by atoms with Gasteiger partial charge in [0.2, 0.25) is 17.7 Å². The Bertz CT molecular complexity index is 409. The van der Waals surface area contributed by atoms with E-state index in [0.29, 0.717) is 22.8 Å². The summed E-state index contributed by atoms with van der Waals surface area (Å²) in [6.07, 6.45) is 0.